The summed E-state index contributed by atoms with van der Waals surface area (Å²) in [5.41, 5.74) is -3.42. The van der Waals surface area contributed by atoms with Gasteiger partial charge in [0.05, 0.1) is 11.5 Å². The van der Waals surface area contributed by atoms with Crippen LogP contribution in [-0.4, -0.2) is 39.2 Å². The summed E-state index contributed by atoms with van der Waals surface area (Å²) in [5, 5.41) is 30.7. The molecule has 0 aliphatic heterocycles. The normalized spacial score (nSPS) is 13.3. The molecule has 0 radical (unpaired) electrons. The smallest absolute Gasteiger partial charge is 0.337 e. The van der Waals surface area contributed by atoms with Crippen molar-refractivity contribution in [1.29, 1.82) is 0 Å². The topological polar surface area (TPSA) is 130 Å². The molecule has 0 saturated carbocycles. The zero-order valence-corrected chi connectivity index (χ0v) is 10.3. The number of hydrogen-bond acceptors (Lipinski definition) is 5. The van der Waals surface area contributed by atoms with Gasteiger partial charge in [-0.25, -0.2) is 9.18 Å². The van der Waals surface area contributed by atoms with Crippen molar-refractivity contribution in [1.82, 2.24) is 5.32 Å². The van der Waals surface area contributed by atoms with Crippen molar-refractivity contribution in [2.45, 2.75) is 12.5 Å². The number of hydrogen-bond donors (Lipinski definition) is 3. The zero-order valence-electron chi connectivity index (χ0n) is 10.3. The number of halogens is 1. The van der Waals surface area contributed by atoms with Crippen LogP contribution < -0.4 is 5.32 Å². The average Bonchev–Trinajstić information content (AvgIpc) is 2.35. The van der Waals surface area contributed by atoms with Gasteiger partial charge < -0.3 is 15.5 Å². The summed E-state index contributed by atoms with van der Waals surface area (Å²) < 4.78 is 13.0. The minimum absolute atomic E-state index is 0.559. The van der Waals surface area contributed by atoms with E-state index in [1.165, 1.54) is 0 Å². The first-order valence-electron chi connectivity index (χ1n) is 5.33. The highest BCUT2D eigenvalue weighted by atomic mass is 19.1. The Kier molecular flexibility index (Phi) is 4.35. The first-order valence-corrected chi connectivity index (χ1v) is 5.33. The average molecular weight is 286 g/mol. The molecule has 0 fully saturated rings. The molecule has 0 saturated heterocycles. The lowest BCUT2D eigenvalue weighted by Crippen LogP contribution is -2.46. The van der Waals surface area contributed by atoms with E-state index in [4.69, 9.17) is 5.11 Å². The molecule has 0 aliphatic rings. The number of carbonyl (C=O) groups excluding carboxylic acids is 1. The van der Waals surface area contributed by atoms with Crippen LogP contribution in [0.5, 0.6) is 0 Å². The van der Waals surface area contributed by atoms with E-state index in [1.807, 2.05) is 5.32 Å². The summed E-state index contributed by atoms with van der Waals surface area (Å²) >= 11 is 0. The van der Waals surface area contributed by atoms with Gasteiger partial charge in [-0.2, -0.15) is 0 Å². The van der Waals surface area contributed by atoms with Gasteiger partial charge in [0.1, 0.15) is 11.4 Å². The molecule has 8 nitrogen and oxygen atoms in total. The van der Waals surface area contributed by atoms with Gasteiger partial charge in [-0.15, -0.1) is 0 Å². The summed E-state index contributed by atoms with van der Waals surface area (Å²) in [6.07, 6.45) is 0. The minimum Gasteiger partial charge on any atom is -0.479 e. The number of nitrogens with zero attached hydrogens (tertiary/aromatic N) is 1. The van der Waals surface area contributed by atoms with Crippen molar-refractivity contribution >= 4 is 17.6 Å². The van der Waals surface area contributed by atoms with Crippen LogP contribution in [0.3, 0.4) is 0 Å². The molecule has 1 aromatic carbocycles. The Bertz CT molecular complexity index is 572. The number of benzene rings is 1. The lowest BCUT2D eigenvalue weighted by atomic mass is 10.1. The number of carboxylic acid groups (broad SMARTS) is 1. The second-order valence-electron chi connectivity index (χ2n) is 4.18. The molecule has 1 amide bonds. The van der Waals surface area contributed by atoms with Crippen molar-refractivity contribution in [3.8, 4) is 0 Å². The lowest BCUT2D eigenvalue weighted by Gasteiger charge is -2.18. The van der Waals surface area contributed by atoms with Crippen LogP contribution in [0, 0.1) is 15.9 Å². The molecule has 1 atom stereocenters. The summed E-state index contributed by atoms with van der Waals surface area (Å²) in [6.45, 7) is 0.254. The summed E-state index contributed by atoms with van der Waals surface area (Å²) in [7, 11) is 0. The minimum atomic E-state index is -2.24. The maximum absolute atomic E-state index is 13.0. The molecule has 1 unspecified atom stereocenters. The van der Waals surface area contributed by atoms with E-state index in [-0.39, 0.29) is 0 Å². The van der Waals surface area contributed by atoms with Crippen molar-refractivity contribution in [3.63, 3.8) is 0 Å². The Labute approximate surface area is 112 Å². The van der Waals surface area contributed by atoms with Gasteiger partial charge >= 0.3 is 5.97 Å². The summed E-state index contributed by atoms with van der Waals surface area (Å²) in [6, 6.07) is 2.30. The van der Waals surface area contributed by atoms with E-state index in [1.54, 1.807) is 0 Å². The molecule has 0 bridgehead atoms. The third-order valence-corrected chi connectivity index (χ3v) is 2.45. The predicted octanol–water partition coefficient (Wildman–Crippen LogP) is 0.299. The largest absolute Gasteiger partial charge is 0.479 e. The molecule has 1 rings (SSSR count). The molecule has 0 spiro atoms. The molecule has 0 aromatic heterocycles. The van der Waals surface area contributed by atoms with Crippen LogP contribution in [0.4, 0.5) is 10.1 Å². The zero-order chi connectivity index (χ0) is 15.5. The molecule has 9 heteroatoms. The highest BCUT2D eigenvalue weighted by Crippen LogP contribution is 2.19. The van der Waals surface area contributed by atoms with Crippen LogP contribution in [0.25, 0.3) is 0 Å². The fourth-order valence-electron chi connectivity index (χ4n) is 1.27. The second kappa shape index (κ2) is 5.61. The van der Waals surface area contributed by atoms with E-state index in [0.29, 0.717) is 6.07 Å². The van der Waals surface area contributed by atoms with Crippen molar-refractivity contribution in [2.75, 3.05) is 6.54 Å². The Hall–Kier alpha value is -2.55. The third-order valence-electron chi connectivity index (χ3n) is 2.45. The van der Waals surface area contributed by atoms with E-state index >= 15 is 0 Å². The van der Waals surface area contributed by atoms with E-state index in [9.17, 15) is 29.2 Å². The summed E-state index contributed by atoms with van der Waals surface area (Å²) in [5.74, 6) is -3.49. The van der Waals surface area contributed by atoms with Gasteiger partial charge in [0.25, 0.3) is 11.6 Å². The second-order valence-corrected chi connectivity index (χ2v) is 4.18. The monoisotopic (exact) mass is 286 g/mol. The van der Waals surface area contributed by atoms with Gasteiger partial charge in [-0.1, -0.05) is 0 Å². The van der Waals surface area contributed by atoms with Crippen LogP contribution in [-0.2, 0) is 4.79 Å². The number of nitro benzene ring substituents is 1. The fraction of sp³-hybridized carbons (Fsp3) is 0.273. The third kappa shape index (κ3) is 3.48. The molecular formula is C11H11FN2O6. The van der Waals surface area contributed by atoms with Crippen LogP contribution in [0.1, 0.15) is 17.3 Å². The number of nitrogens with one attached hydrogen (secondary N) is 1. The molecule has 108 valence electrons. The number of aliphatic hydroxyl groups is 1. The van der Waals surface area contributed by atoms with Gasteiger partial charge in [0.2, 0.25) is 0 Å². The Balaban J connectivity index is 2.96. The van der Waals surface area contributed by atoms with Gasteiger partial charge in [-0.05, 0) is 19.1 Å². The highest BCUT2D eigenvalue weighted by molar-refractivity contribution is 5.98. The molecule has 20 heavy (non-hydrogen) atoms. The predicted molar refractivity (Wildman–Crippen MR) is 63.6 cm³/mol. The van der Waals surface area contributed by atoms with Gasteiger partial charge in [0.15, 0.2) is 5.60 Å². The van der Waals surface area contributed by atoms with E-state index in [0.717, 1.165) is 19.1 Å². The molecule has 1 aromatic rings. The maximum Gasteiger partial charge on any atom is 0.337 e. The SMILES string of the molecule is CC(O)(CNC(=O)c1cc(F)ccc1[N+](=O)[O-])C(=O)O. The number of amides is 1. The highest BCUT2D eigenvalue weighted by Gasteiger charge is 2.31. The number of carboxylic acids is 1. The first kappa shape index (κ1) is 15.5. The molecular weight excluding hydrogens is 275 g/mol. The fourth-order valence-corrected chi connectivity index (χ4v) is 1.27. The Morgan fingerprint density at radius 2 is 2.10 bits per heavy atom. The number of rotatable bonds is 5. The van der Waals surface area contributed by atoms with E-state index < -0.39 is 46.0 Å². The van der Waals surface area contributed by atoms with Gasteiger partial charge in [0, 0.05) is 6.07 Å². The quantitative estimate of drug-likeness (QED) is 0.527. The van der Waals surface area contributed by atoms with Crippen LogP contribution in [0.15, 0.2) is 18.2 Å². The lowest BCUT2D eigenvalue weighted by molar-refractivity contribution is -0.385. The standard InChI is InChI=1S/C11H11FN2O6/c1-11(18,10(16)17)5-13-9(15)7-4-6(12)2-3-8(7)14(19)20/h2-4,18H,5H2,1H3,(H,13,15)(H,16,17). The van der Waals surface area contributed by atoms with Crippen LogP contribution >= 0.6 is 0 Å². The number of aliphatic carboxylic acids is 1. The van der Waals surface area contributed by atoms with Crippen molar-refractivity contribution in [3.05, 3.63) is 39.7 Å². The Morgan fingerprint density at radius 3 is 2.60 bits per heavy atom. The molecule has 3 N–H and O–H groups in total. The van der Waals surface area contributed by atoms with Crippen molar-refractivity contribution < 1.29 is 29.1 Å². The van der Waals surface area contributed by atoms with Crippen molar-refractivity contribution in [2.24, 2.45) is 0 Å². The molecule has 0 heterocycles. The van der Waals surface area contributed by atoms with Gasteiger partial charge in [-0.3, -0.25) is 14.9 Å². The molecule has 0 aliphatic carbocycles. The summed E-state index contributed by atoms with van der Waals surface area (Å²) in [4.78, 5) is 32.2. The Morgan fingerprint density at radius 1 is 1.50 bits per heavy atom. The maximum atomic E-state index is 13.0. The van der Waals surface area contributed by atoms with Crippen LogP contribution in [0.2, 0.25) is 0 Å². The number of carbonyl (C=O) groups is 2. The van der Waals surface area contributed by atoms with E-state index in [2.05, 4.69) is 0 Å². The first-order chi connectivity index (χ1) is 9.15. The number of nitro groups is 1.